The van der Waals surface area contributed by atoms with E-state index in [1.807, 2.05) is 24.0 Å². The summed E-state index contributed by atoms with van der Waals surface area (Å²) in [7, 11) is 0. The zero-order chi connectivity index (χ0) is 20.5. The Bertz CT molecular complexity index is 680. The van der Waals surface area contributed by atoms with Gasteiger partial charge in [0.05, 0.1) is 12.0 Å². The molecule has 2 aliphatic rings. The van der Waals surface area contributed by atoms with Crippen LogP contribution in [-0.2, 0) is 16.0 Å². The Kier molecular flexibility index (Phi) is 7.96. The molecule has 1 N–H and O–H groups in total. The molecule has 1 saturated heterocycles. The predicted octanol–water partition coefficient (Wildman–Crippen LogP) is 4.10. The molecule has 0 radical (unpaired) electrons. The maximum atomic E-state index is 13.1. The van der Waals surface area contributed by atoms with Crippen molar-refractivity contribution in [2.75, 3.05) is 26.2 Å². The van der Waals surface area contributed by atoms with Gasteiger partial charge >= 0.3 is 0 Å². The molecule has 160 valence electrons. The number of nitrogens with one attached hydrogen (secondary N) is 1. The number of carbonyl (C=O) groups is 2. The van der Waals surface area contributed by atoms with Crippen LogP contribution in [0.5, 0.6) is 5.75 Å². The fourth-order valence-electron chi connectivity index (χ4n) is 4.60. The SMILES string of the molecule is CCCC(=O)N1CCC2(CCCCCc3ccccc3OCCCNC2=O)CC1. The van der Waals surface area contributed by atoms with E-state index in [-0.39, 0.29) is 17.2 Å². The van der Waals surface area contributed by atoms with E-state index in [9.17, 15) is 9.59 Å². The average molecular weight is 401 g/mol. The number of ether oxygens (including phenoxy) is 1. The first kappa shape index (κ1) is 21.7. The van der Waals surface area contributed by atoms with Crippen LogP contribution < -0.4 is 10.1 Å². The first-order valence-electron chi connectivity index (χ1n) is 11.4. The van der Waals surface area contributed by atoms with Crippen molar-refractivity contribution in [2.45, 2.75) is 71.1 Å². The Hall–Kier alpha value is -2.04. The van der Waals surface area contributed by atoms with Gasteiger partial charge in [0.2, 0.25) is 11.8 Å². The summed E-state index contributed by atoms with van der Waals surface area (Å²) in [5.74, 6) is 1.40. The van der Waals surface area contributed by atoms with Gasteiger partial charge < -0.3 is 15.0 Å². The van der Waals surface area contributed by atoms with Crippen molar-refractivity contribution in [2.24, 2.45) is 5.41 Å². The highest BCUT2D eigenvalue weighted by atomic mass is 16.5. The molecule has 5 heteroatoms. The summed E-state index contributed by atoms with van der Waals surface area (Å²) >= 11 is 0. The first-order valence-corrected chi connectivity index (χ1v) is 11.4. The van der Waals surface area contributed by atoms with Gasteiger partial charge in [0.1, 0.15) is 5.75 Å². The molecule has 0 saturated carbocycles. The maximum Gasteiger partial charge on any atom is 0.226 e. The highest BCUT2D eigenvalue weighted by Crippen LogP contribution is 2.37. The number of carbonyl (C=O) groups excluding carboxylic acids is 2. The number of piperidine rings is 1. The number of rotatable bonds is 2. The van der Waals surface area contributed by atoms with Crippen molar-refractivity contribution >= 4 is 11.8 Å². The van der Waals surface area contributed by atoms with Crippen LogP contribution in [-0.4, -0.2) is 43.0 Å². The molecule has 2 heterocycles. The summed E-state index contributed by atoms with van der Waals surface area (Å²) in [6, 6.07) is 8.30. The van der Waals surface area contributed by atoms with Crippen LogP contribution in [0.4, 0.5) is 0 Å². The Morgan fingerprint density at radius 1 is 1.10 bits per heavy atom. The third-order valence-corrected chi connectivity index (χ3v) is 6.46. The molecule has 5 nitrogen and oxygen atoms in total. The molecule has 3 rings (SSSR count). The standard InChI is InChI=1S/C24H36N2O3/c1-2-9-22(27)26-17-14-24(15-18-26)13-7-3-4-10-20-11-5-6-12-21(20)29-19-8-16-25-23(24)28/h5-6,11-12H,2-4,7-10,13-19H2,1H3,(H,25,28). The number of aryl methyl sites for hydroxylation is 1. The molecule has 0 bridgehead atoms. The van der Waals surface area contributed by atoms with Crippen LogP contribution in [0.3, 0.4) is 0 Å². The molecule has 0 atom stereocenters. The number of nitrogens with zero attached hydrogens (tertiary/aromatic N) is 1. The second-order valence-corrected chi connectivity index (χ2v) is 8.54. The van der Waals surface area contributed by atoms with Gasteiger partial charge in [-0.25, -0.2) is 0 Å². The van der Waals surface area contributed by atoms with Crippen molar-refractivity contribution in [1.82, 2.24) is 10.2 Å². The number of benzene rings is 1. The molecule has 1 fully saturated rings. The number of para-hydroxylation sites is 1. The van der Waals surface area contributed by atoms with E-state index in [0.29, 0.717) is 32.7 Å². The molecule has 0 unspecified atom stereocenters. The van der Waals surface area contributed by atoms with E-state index in [2.05, 4.69) is 17.4 Å². The third kappa shape index (κ3) is 5.74. The lowest BCUT2D eigenvalue weighted by molar-refractivity contribution is -0.141. The summed E-state index contributed by atoms with van der Waals surface area (Å²) in [6.45, 7) is 4.72. The van der Waals surface area contributed by atoms with Gasteiger partial charge in [-0.05, 0) is 56.6 Å². The van der Waals surface area contributed by atoms with Crippen molar-refractivity contribution < 1.29 is 14.3 Å². The number of likely N-dealkylation sites (tertiary alicyclic amines) is 1. The van der Waals surface area contributed by atoms with Gasteiger partial charge in [-0.3, -0.25) is 9.59 Å². The summed E-state index contributed by atoms with van der Waals surface area (Å²) < 4.78 is 5.97. The van der Waals surface area contributed by atoms with Crippen molar-refractivity contribution in [3.63, 3.8) is 0 Å². The van der Waals surface area contributed by atoms with Crippen molar-refractivity contribution in [3.05, 3.63) is 29.8 Å². The van der Waals surface area contributed by atoms with Gasteiger partial charge in [0.15, 0.2) is 0 Å². The van der Waals surface area contributed by atoms with E-state index < -0.39 is 0 Å². The van der Waals surface area contributed by atoms with Crippen molar-refractivity contribution in [3.8, 4) is 5.75 Å². The first-order chi connectivity index (χ1) is 14.1. The number of fused-ring (bicyclic) bond motifs is 1. The molecular formula is C24H36N2O3. The normalized spacial score (nSPS) is 20.9. The second kappa shape index (κ2) is 10.7. The summed E-state index contributed by atoms with van der Waals surface area (Å²) in [5.41, 5.74) is 0.970. The largest absolute Gasteiger partial charge is 0.493 e. The molecule has 29 heavy (non-hydrogen) atoms. The van der Waals surface area contributed by atoms with Crippen LogP contribution in [0.25, 0.3) is 0 Å². The van der Waals surface area contributed by atoms with Gasteiger partial charge in [0, 0.05) is 26.1 Å². The van der Waals surface area contributed by atoms with Crippen LogP contribution >= 0.6 is 0 Å². The van der Waals surface area contributed by atoms with Gasteiger partial charge in [-0.1, -0.05) is 38.0 Å². The molecule has 2 amide bonds. The third-order valence-electron chi connectivity index (χ3n) is 6.46. The lowest BCUT2D eigenvalue weighted by atomic mass is 9.73. The van der Waals surface area contributed by atoms with Crippen LogP contribution in [0.15, 0.2) is 24.3 Å². The highest BCUT2D eigenvalue weighted by molar-refractivity contribution is 5.83. The topological polar surface area (TPSA) is 58.6 Å². The summed E-state index contributed by atoms with van der Waals surface area (Å²) in [6.07, 6.45) is 9.09. The summed E-state index contributed by atoms with van der Waals surface area (Å²) in [4.78, 5) is 27.3. The van der Waals surface area contributed by atoms with E-state index in [0.717, 1.165) is 63.5 Å². The number of hydrogen-bond donors (Lipinski definition) is 1. The molecule has 0 aliphatic carbocycles. The molecule has 1 aromatic carbocycles. The van der Waals surface area contributed by atoms with E-state index in [1.165, 1.54) is 5.56 Å². The Morgan fingerprint density at radius 2 is 1.90 bits per heavy atom. The van der Waals surface area contributed by atoms with E-state index in [4.69, 9.17) is 4.74 Å². The highest BCUT2D eigenvalue weighted by Gasteiger charge is 2.41. The fourth-order valence-corrected chi connectivity index (χ4v) is 4.60. The van der Waals surface area contributed by atoms with Crippen LogP contribution in [0, 0.1) is 5.41 Å². The van der Waals surface area contributed by atoms with Crippen LogP contribution in [0.1, 0.15) is 70.3 Å². The predicted molar refractivity (Wildman–Crippen MR) is 115 cm³/mol. The lowest BCUT2D eigenvalue weighted by Gasteiger charge is -2.41. The minimum Gasteiger partial charge on any atom is -0.493 e. The minimum atomic E-state index is -0.314. The number of amides is 2. The Balaban J connectivity index is 1.62. The van der Waals surface area contributed by atoms with Gasteiger partial charge in [-0.15, -0.1) is 0 Å². The van der Waals surface area contributed by atoms with Crippen LogP contribution in [0.2, 0.25) is 0 Å². The molecule has 2 aliphatic heterocycles. The average Bonchev–Trinajstić information content (AvgIpc) is 2.74. The Morgan fingerprint density at radius 3 is 2.69 bits per heavy atom. The molecule has 1 spiro atoms. The summed E-state index contributed by atoms with van der Waals surface area (Å²) in [5, 5.41) is 3.17. The molecule has 1 aromatic rings. The quantitative estimate of drug-likeness (QED) is 0.813. The Labute approximate surface area is 175 Å². The van der Waals surface area contributed by atoms with E-state index >= 15 is 0 Å². The zero-order valence-electron chi connectivity index (χ0n) is 17.9. The molecule has 0 aromatic heterocycles. The maximum absolute atomic E-state index is 13.1. The van der Waals surface area contributed by atoms with Gasteiger partial charge in [0.25, 0.3) is 0 Å². The zero-order valence-corrected chi connectivity index (χ0v) is 17.9. The van der Waals surface area contributed by atoms with Crippen molar-refractivity contribution in [1.29, 1.82) is 0 Å². The molecular weight excluding hydrogens is 364 g/mol. The van der Waals surface area contributed by atoms with Gasteiger partial charge in [-0.2, -0.15) is 0 Å². The van der Waals surface area contributed by atoms with E-state index in [1.54, 1.807) is 0 Å². The smallest absolute Gasteiger partial charge is 0.226 e. The second-order valence-electron chi connectivity index (χ2n) is 8.54. The monoisotopic (exact) mass is 400 g/mol. The minimum absolute atomic E-state index is 0.178. The lowest BCUT2D eigenvalue weighted by Crippen LogP contribution is -2.50. The fraction of sp³-hybridized carbons (Fsp3) is 0.667. The number of hydrogen-bond acceptors (Lipinski definition) is 3.